The SMILES string of the molecule is CC[C@H](C)OS1=NN(C)C=C1. The van der Waals surface area contributed by atoms with Crippen LogP contribution in [0.15, 0.2) is 16.1 Å². The predicted octanol–water partition coefficient (Wildman–Crippen LogP) is 1.85. The van der Waals surface area contributed by atoms with Crippen molar-refractivity contribution in [1.29, 1.82) is 0 Å². The van der Waals surface area contributed by atoms with Gasteiger partial charge in [-0.1, -0.05) is 6.92 Å². The van der Waals surface area contributed by atoms with E-state index in [0.29, 0.717) is 6.10 Å². The van der Waals surface area contributed by atoms with Gasteiger partial charge < -0.3 is 0 Å². The quantitative estimate of drug-likeness (QED) is 0.652. The fourth-order valence-electron chi connectivity index (χ4n) is 0.609. The first-order valence-electron chi connectivity index (χ1n) is 3.75. The minimum absolute atomic E-state index is 0.304. The van der Waals surface area contributed by atoms with Crippen molar-refractivity contribution in [2.45, 2.75) is 26.4 Å². The van der Waals surface area contributed by atoms with Crippen molar-refractivity contribution in [3.05, 3.63) is 11.6 Å². The Labute approximate surface area is 70.3 Å². The van der Waals surface area contributed by atoms with Crippen LogP contribution in [0.4, 0.5) is 0 Å². The first kappa shape index (κ1) is 8.74. The molecule has 3 nitrogen and oxygen atoms in total. The maximum absolute atomic E-state index is 5.56. The molecule has 0 radical (unpaired) electrons. The van der Waals surface area contributed by atoms with Gasteiger partial charge in [0.25, 0.3) is 0 Å². The van der Waals surface area contributed by atoms with Crippen molar-refractivity contribution in [3.8, 4) is 0 Å². The number of hydrogen-bond acceptors (Lipinski definition) is 3. The van der Waals surface area contributed by atoms with E-state index in [2.05, 4.69) is 18.3 Å². The van der Waals surface area contributed by atoms with E-state index in [-0.39, 0.29) is 11.0 Å². The van der Waals surface area contributed by atoms with Gasteiger partial charge in [-0.3, -0.25) is 9.19 Å². The van der Waals surface area contributed by atoms with Crippen molar-refractivity contribution >= 4 is 11.0 Å². The van der Waals surface area contributed by atoms with Crippen molar-refractivity contribution < 1.29 is 4.18 Å². The molecular formula is C7H14N2OS. The molecule has 0 saturated carbocycles. The highest BCUT2D eigenvalue weighted by atomic mass is 32.2. The van der Waals surface area contributed by atoms with Crippen LogP contribution < -0.4 is 0 Å². The molecule has 4 heteroatoms. The van der Waals surface area contributed by atoms with E-state index in [0.717, 1.165) is 6.42 Å². The van der Waals surface area contributed by atoms with Crippen LogP contribution in [-0.2, 0) is 15.2 Å². The van der Waals surface area contributed by atoms with E-state index in [4.69, 9.17) is 4.18 Å². The smallest absolute Gasteiger partial charge is 0.0814 e. The molecular weight excluding hydrogens is 160 g/mol. The van der Waals surface area contributed by atoms with Crippen LogP contribution >= 0.6 is 0 Å². The van der Waals surface area contributed by atoms with E-state index in [1.807, 2.05) is 18.7 Å². The van der Waals surface area contributed by atoms with Gasteiger partial charge in [0.15, 0.2) is 0 Å². The van der Waals surface area contributed by atoms with Gasteiger partial charge in [-0.15, -0.1) is 4.47 Å². The second-order valence-corrected chi connectivity index (χ2v) is 3.71. The summed E-state index contributed by atoms with van der Waals surface area (Å²) in [5.74, 6) is 0. The lowest BCUT2D eigenvalue weighted by Crippen LogP contribution is -2.06. The van der Waals surface area contributed by atoms with Crippen LogP contribution in [0.5, 0.6) is 0 Å². The minimum Gasteiger partial charge on any atom is -0.298 e. The molecule has 0 amide bonds. The maximum Gasteiger partial charge on any atom is 0.0814 e. The number of hydrogen-bond donors (Lipinski definition) is 0. The van der Waals surface area contributed by atoms with Gasteiger partial charge >= 0.3 is 0 Å². The zero-order valence-corrected chi connectivity index (χ0v) is 7.97. The summed E-state index contributed by atoms with van der Waals surface area (Å²) in [6, 6.07) is 0. The molecule has 64 valence electrons. The molecule has 0 aromatic rings. The summed E-state index contributed by atoms with van der Waals surface area (Å²) in [5.41, 5.74) is 0. The minimum atomic E-state index is -0.317. The topological polar surface area (TPSA) is 24.8 Å². The second-order valence-electron chi connectivity index (χ2n) is 2.53. The van der Waals surface area contributed by atoms with Gasteiger partial charge in [-0.05, 0) is 13.3 Å². The zero-order chi connectivity index (χ0) is 8.27. The largest absolute Gasteiger partial charge is 0.298 e. The highest BCUT2D eigenvalue weighted by Crippen LogP contribution is 2.09. The summed E-state index contributed by atoms with van der Waals surface area (Å²) in [5, 5.41) is 3.76. The van der Waals surface area contributed by atoms with Gasteiger partial charge in [0.1, 0.15) is 0 Å². The first-order chi connectivity index (χ1) is 5.22. The second kappa shape index (κ2) is 3.88. The fourth-order valence-corrected chi connectivity index (χ4v) is 1.83. The molecule has 11 heavy (non-hydrogen) atoms. The fraction of sp³-hybridized carbons (Fsp3) is 0.714. The summed E-state index contributed by atoms with van der Waals surface area (Å²) >= 11 is 0. The zero-order valence-electron chi connectivity index (χ0n) is 7.15. The average Bonchev–Trinajstić information content (AvgIpc) is 2.35. The molecule has 0 aliphatic carbocycles. The molecule has 1 rings (SSSR count). The lowest BCUT2D eigenvalue weighted by molar-refractivity contribution is 0.254. The molecule has 0 aromatic carbocycles. The average molecular weight is 174 g/mol. The molecule has 0 saturated heterocycles. The molecule has 0 N–H and O–H groups in total. The van der Waals surface area contributed by atoms with Gasteiger partial charge in [-0.2, -0.15) is 0 Å². The van der Waals surface area contributed by atoms with Gasteiger partial charge in [-0.25, -0.2) is 0 Å². The molecule has 2 atom stereocenters. The van der Waals surface area contributed by atoms with Crippen LogP contribution in [0, 0.1) is 0 Å². The predicted molar refractivity (Wildman–Crippen MR) is 47.5 cm³/mol. The lowest BCUT2D eigenvalue weighted by Gasteiger charge is -2.08. The number of nitrogens with zero attached hydrogens (tertiary/aromatic N) is 2. The van der Waals surface area contributed by atoms with E-state index < -0.39 is 0 Å². The normalized spacial score (nSPS) is 25.4. The van der Waals surface area contributed by atoms with Crippen molar-refractivity contribution in [2.24, 2.45) is 4.47 Å². The molecule has 1 unspecified atom stereocenters. The maximum atomic E-state index is 5.56. The summed E-state index contributed by atoms with van der Waals surface area (Å²) in [4.78, 5) is 0. The molecule has 1 aliphatic rings. The van der Waals surface area contributed by atoms with Crippen LogP contribution in [0.2, 0.25) is 0 Å². The molecule has 0 fully saturated rings. The summed E-state index contributed by atoms with van der Waals surface area (Å²) in [7, 11) is 1.59. The first-order valence-corrected chi connectivity index (χ1v) is 4.92. The van der Waals surface area contributed by atoms with Crippen molar-refractivity contribution in [2.75, 3.05) is 7.05 Å². The van der Waals surface area contributed by atoms with Crippen LogP contribution in [0.25, 0.3) is 0 Å². The Morgan fingerprint density at radius 2 is 2.45 bits per heavy atom. The van der Waals surface area contributed by atoms with Gasteiger partial charge in [0.2, 0.25) is 0 Å². The van der Waals surface area contributed by atoms with Crippen LogP contribution in [-0.4, -0.2) is 18.2 Å². The Morgan fingerprint density at radius 3 is 2.91 bits per heavy atom. The third-order valence-corrected chi connectivity index (χ3v) is 2.74. The van der Waals surface area contributed by atoms with Crippen molar-refractivity contribution in [3.63, 3.8) is 0 Å². The van der Waals surface area contributed by atoms with Gasteiger partial charge in [0.05, 0.1) is 17.1 Å². The molecule has 0 aromatic heterocycles. The lowest BCUT2D eigenvalue weighted by atomic mass is 10.3. The van der Waals surface area contributed by atoms with E-state index in [1.165, 1.54) is 0 Å². The van der Waals surface area contributed by atoms with E-state index in [9.17, 15) is 0 Å². The van der Waals surface area contributed by atoms with Gasteiger partial charge in [0, 0.05) is 18.7 Å². The Balaban J connectivity index is 2.39. The highest BCUT2D eigenvalue weighted by molar-refractivity contribution is 7.85. The summed E-state index contributed by atoms with van der Waals surface area (Å²) in [6.07, 6.45) is 3.26. The highest BCUT2D eigenvalue weighted by Gasteiger charge is 2.06. The number of rotatable bonds is 3. The molecule has 0 spiro atoms. The Bertz CT molecular complexity index is 191. The van der Waals surface area contributed by atoms with Crippen molar-refractivity contribution in [1.82, 2.24) is 5.01 Å². The Morgan fingerprint density at radius 1 is 1.73 bits per heavy atom. The summed E-state index contributed by atoms with van der Waals surface area (Å²) in [6.45, 7) is 4.17. The summed E-state index contributed by atoms with van der Waals surface area (Å²) < 4.78 is 9.77. The molecule has 1 heterocycles. The van der Waals surface area contributed by atoms with E-state index >= 15 is 0 Å². The standard InChI is InChI=1S/C7H14N2OS/c1-4-7(2)10-11-6-5-9(3)8-11/h5-7H,4H2,1-3H3/t7-,11?/m0/s1. The van der Waals surface area contributed by atoms with Crippen LogP contribution in [0.1, 0.15) is 20.3 Å². The Kier molecular flexibility index (Phi) is 3.08. The van der Waals surface area contributed by atoms with E-state index in [1.54, 1.807) is 5.01 Å². The monoisotopic (exact) mass is 174 g/mol. The third kappa shape index (κ3) is 2.63. The molecule has 1 aliphatic heterocycles. The van der Waals surface area contributed by atoms with Crippen LogP contribution in [0.3, 0.4) is 0 Å². The Hall–Kier alpha value is -0.350. The third-order valence-electron chi connectivity index (χ3n) is 1.44. The molecule has 0 bridgehead atoms.